The van der Waals surface area contributed by atoms with Crippen LogP contribution in [0.5, 0.6) is 5.75 Å². The van der Waals surface area contributed by atoms with Gasteiger partial charge in [-0.3, -0.25) is 0 Å². The standard InChI is InChI=1S/C20H28N4O2S.HI/c1-4-21-20(24-12-18-11-22-15(3)27-18)23-10-16-6-5-14(2)9-19(16)26-17-7-8-25-13-17;/h5-6,9,11,17H,4,7-8,10,12-13H2,1-3H3,(H2,21,23,24);1H. The predicted octanol–water partition coefficient (Wildman–Crippen LogP) is 3.80. The van der Waals surface area contributed by atoms with Gasteiger partial charge in [-0.15, -0.1) is 35.3 Å². The van der Waals surface area contributed by atoms with E-state index in [2.05, 4.69) is 47.7 Å². The smallest absolute Gasteiger partial charge is 0.191 e. The highest BCUT2D eigenvalue weighted by Crippen LogP contribution is 2.24. The first-order valence-electron chi connectivity index (χ1n) is 9.41. The second-order valence-electron chi connectivity index (χ2n) is 6.61. The van der Waals surface area contributed by atoms with E-state index in [-0.39, 0.29) is 30.1 Å². The third-order valence-corrected chi connectivity index (χ3v) is 5.17. The van der Waals surface area contributed by atoms with Crippen LogP contribution in [-0.4, -0.2) is 36.8 Å². The van der Waals surface area contributed by atoms with Gasteiger partial charge in [0.2, 0.25) is 0 Å². The van der Waals surface area contributed by atoms with E-state index in [9.17, 15) is 0 Å². The normalized spacial score (nSPS) is 16.5. The van der Waals surface area contributed by atoms with Gasteiger partial charge in [-0.2, -0.15) is 0 Å². The SMILES string of the molecule is CCNC(=NCc1ccc(C)cc1OC1CCOC1)NCc1cnc(C)s1.I. The van der Waals surface area contributed by atoms with Crippen LogP contribution in [0.1, 0.15) is 34.4 Å². The van der Waals surface area contributed by atoms with Gasteiger partial charge in [-0.05, 0) is 32.4 Å². The predicted molar refractivity (Wildman–Crippen MR) is 125 cm³/mol. The van der Waals surface area contributed by atoms with Crippen molar-refractivity contribution in [1.82, 2.24) is 15.6 Å². The van der Waals surface area contributed by atoms with Crippen LogP contribution in [0.25, 0.3) is 0 Å². The Balaban J connectivity index is 0.00000280. The number of aliphatic imine (C=N–C) groups is 1. The first-order chi connectivity index (χ1) is 13.1. The summed E-state index contributed by atoms with van der Waals surface area (Å²) < 4.78 is 11.6. The zero-order valence-electron chi connectivity index (χ0n) is 16.7. The van der Waals surface area contributed by atoms with Crippen LogP contribution in [-0.2, 0) is 17.8 Å². The molecule has 8 heteroatoms. The van der Waals surface area contributed by atoms with Gasteiger partial charge in [-0.25, -0.2) is 9.98 Å². The molecule has 28 heavy (non-hydrogen) atoms. The summed E-state index contributed by atoms with van der Waals surface area (Å²) in [4.78, 5) is 10.2. The minimum Gasteiger partial charge on any atom is -0.488 e. The lowest BCUT2D eigenvalue weighted by Gasteiger charge is -2.16. The molecule has 0 radical (unpaired) electrons. The number of hydrogen-bond acceptors (Lipinski definition) is 5. The molecule has 0 spiro atoms. The largest absolute Gasteiger partial charge is 0.488 e. The van der Waals surface area contributed by atoms with Crippen LogP contribution >= 0.6 is 35.3 Å². The summed E-state index contributed by atoms with van der Waals surface area (Å²) in [6.07, 6.45) is 2.98. The Kier molecular flexibility index (Phi) is 9.46. The van der Waals surface area contributed by atoms with Gasteiger partial charge in [0, 0.05) is 29.6 Å². The van der Waals surface area contributed by atoms with E-state index in [4.69, 9.17) is 14.5 Å². The third-order valence-electron chi connectivity index (χ3n) is 4.26. The van der Waals surface area contributed by atoms with Gasteiger partial charge in [0.05, 0.1) is 31.3 Å². The maximum atomic E-state index is 6.17. The van der Waals surface area contributed by atoms with E-state index < -0.39 is 0 Å². The fraction of sp³-hybridized carbons (Fsp3) is 0.500. The second kappa shape index (κ2) is 11.6. The average Bonchev–Trinajstić information content (AvgIpc) is 3.30. The van der Waals surface area contributed by atoms with Crippen molar-refractivity contribution < 1.29 is 9.47 Å². The summed E-state index contributed by atoms with van der Waals surface area (Å²) in [6, 6.07) is 6.28. The van der Waals surface area contributed by atoms with Gasteiger partial charge in [0.15, 0.2) is 5.96 Å². The van der Waals surface area contributed by atoms with E-state index >= 15 is 0 Å². The van der Waals surface area contributed by atoms with E-state index in [1.165, 1.54) is 10.4 Å². The second-order valence-corrected chi connectivity index (χ2v) is 7.93. The van der Waals surface area contributed by atoms with Crippen molar-refractivity contribution in [3.8, 4) is 5.75 Å². The van der Waals surface area contributed by atoms with E-state index in [1.54, 1.807) is 11.3 Å². The highest BCUT2D eigenvalue weighted by atomic mass is 127. The summed E-state index contributed by atoms with van der Waals surface area (Å²) in [5, 5.41) is 7.74. The summed E-state index contributed by atoms with van der Waals surface area (Å²) in [5.41, 5.74) is 2.26. The lowest BCUT2D eigenvalue weighted by Crippen LogP contribution is -2.36. The molecule has 0 aliphatic carbocycles. The molecule has 2 heterocycles. The topological polar surface area (TPSA) is 67.8 Å². The fourth-order valence-electron chi connectivity index (χ4n) is 2.85. The Hall–Kier alpha value is -1.39. The zero-order valence-corrected chi connectivity index (χ0v) is 19.8. The zero-order chi connectivity index (χ0) is 19.1. The van der Waals surface area contributed by atoms with Crippen molar-refractivity contribution in [2.45, 2.75) is 46.4 Å². The summed E-state index contributed by atoms with van der Waals surface area (Å²) in [7, 11) is 0. The number of halogens is 1. The number of benzene rings is 1. The van der Waals surface area contributed by atoms with Crippen LogP contribution < -0.4 is 15.4 Å². The lowest BCUT2D eigenvalue weighted by atomic mass is 10.1. The molecule has 6 nitrogen and oxygen atoms in total. The molecule has 0 amide bonds. The number of nitrogens with one attached hydrogen (secondary N) is 2. The molecule has 2 N–H and O–H groups in total. The number of ether oxygens (including phenoxy) is 2. The monoisotopic (exact) mass is 516 g/mol. The highest BCUT2D eigenvalue weighted by Gasteiger charge is 2.18. The molecule has 1 saturated heterocycles. The summed E-state index contributed by atoms with van der Waals surface area (Å²) >= 11 is 1.70. The summed E-state index contributed by atoms with van der Waals surface area (Å²) in [5.74, 6) is 1.70. The quantitative estimate of drug-likeness (QED) is 0.333. The van der Waals surface area contributed by atoms with Crippen LogP contribution in [0.3, 0.4) is 0 Å². The number of nitrogens with zero attached hydrogens (tertiary/aromatic N) is 2. The van der Waals surface area contributed by atoms with E-state index in [0.29, 0.717) is 19.7 Å². The Bertz CT molecular complexity index is 775. The number of thiazole rings is 1. The molecule has 0 bridgehead atoms. The van der Waals surface area contributed by atoms with Gasteiger partial charge < -0.3 is 20.1 Å². The Morgan fingerprint density at radius 1 is 1.36 bits per heavy atom. The molecular formula is C20H29IN4O2S. The molecule has 1 aliphatic rings. The minimum absolute atomic E-state index is 0. The Morgan fingerprint density at radius 2 is 2.21 bits per heavy atom. The lowest BCUT2D eigenvalue weighted by molar-refractivity contribution is 0.140. The molecule has 1 atom stereocenters. The Morgan fingerprint density at radius 3 is 2.89 bits per heavy atom. The maximum absolute atomic E-state index is 6.17. The number of guanidine groups is 1. The third kappa shape index (κ3) is 6.89. The molecule has 1 fully saturated rings. The molecule has 3 rings (SSSR count). The molecule has 0 saturated carbocycles. The van der Waals surface area contributed by atoms with Crippen LogP contribution in [0.4, 0.5) is 0 Å². The van der Waals surface area contributed by atoms with Gasteiger partial charge in [-0.1, -0.05) is 12.1 Å². The minimum atomic E-state index is 0. The Labute approximate surface area is 188 Å². The molecule has 1 unspecified atom stereocenters. The van der Waals surface area contributed by atoms with Crippen LogP contribution in [0, 0.1) is 13.8 Å². The van der Waals surface area contributed by atoms with Gasteiger partial charge >= 0.3 is 0 Å². The summed E-state index contributed by atoms with van der Waals surface area (Å²) in [6.45, 7) is 9.67. The number of rotatable bonds is 7. The highest BCUT2D eigenvalue weighted by molar-refractivity contribution is 14.0. The molecular weight excluding hydrogens is 487 g/mol. The van der Waals surface area contributed by atoms with Crippen molar-refractivity contribution >= 4 is 41.3 Å². The van der Waals surface area contributed by atoms with Gasteiger partial charge in [0.1, 0.15) is 11.9 Å². The molecule has 2 aromatic rings. The van der Waals surface area contributed by atoms with Crippen LogP contribution in [0.15, 0.2) is 29.4 Å². The van der Waals surface area contributed by atoms with Crippen LogP contribution in [0.2, 0.25) is 0 Å². The fourth-order valence-corrected chi connectivity index (χ4v) is 3.59. The van der Waals surface area contributed by atoms with E-state index in [1.807, 2.05) is 13.1 Å². The molecule has 154 valence electrons. The maximum Gasteiger partial charge on any atom is 0.191 e. The number of aromatic nitrogens is 1. The molecule has 1 aromatic heterocycles. The molecule has 1 aromatic carbocycles. The van der Waals surface area contributed by atoms with Gasteiger partial charge in [0.25, 0.3) is 0 Å². The van der Waals surface area contributed by atoms with Crippen molar-refractivity contribution in [3.05, 3.63) is 45.4 Å². The van der Waals surface area contributed by atoms with E-state index in [0.717, 1.165) is 41.9 Å². The van der Waals surface area contributed by atoms with Crippen molar-refractivity contribution in [1.29, 1.82) is 0 Å². The first-order valence-corrected chi connectivity index (χ1v) is 10.2. The number of aryl methyl sites for hydroxylation is 2. The molecule has 1 aliphatic heterocycles. The van der Waals surface area contributed by atoms with Crippen molar-refractivity contribution in [2.75, 3.05) is 19.8 Å². The van der Waals surface area contributed by atoms with Crippen molar-refractivity contribution in [2.24, 2.45) is 4.99 Å². The first kappa shape index (κ1) is 22.9. The van der Waals surface area contributed by atoms with Crippen molar-refractivity contribution in [3.63, 3.8) is 0 Å². The average molecular weight is 516 g/mol. The number of hydrogen-bond donors (Lipinski definition) is 2.